The highest BCUT2D eigenvalue weighted by Gasteiger charge is 2.37. The van der Waals surface area contributed by atoms with Crippen LogP contribution in [0.2, 0.25) is 0 Å². The molecule has 3 atom stereocenters. The Kier molecular flexibility index (Phi) is 3.95. The van der Waals surface area contributed by atoms with Gasteiger partial charge in [-0.3, -0.25) is 14.3 Å². The summed E-state index contributed by atoms with van der Waals surface area (Å²) < 4.78 is 11.8. The van der Waals surface area contributed by atoms with E-state index in [1.165, 1.54) is 16.8 Å². The summed E-state index contributed by atoms with van der Waals surface area (Å²) in [6, 6.07) is 1.22. The molecule has 1 saturated heterocycles. The molecule has 7 nitrogen and oxygen atoms in total. The van der Waals surface area contributed by atoms with Crippen molar-refractivity contribution in [3.63, 3.8) is 0 Å². The first-order chi connectivity index (χ1) is 8.63. The van der Waals surface area contributed by atoms with Gasteiger partial charge >= 0.3 is 5.69 Å². The number of rotatable bonds is 4. The predicted molar refractivity (Wildman–Crippen MR) is 62.3 cm³/mol. The lowest BCUT2D eigenvalue weighted by molar-refractivity contribution is -0.0182. The maximum Gasteiger partial charge on any atom is 0.330 e. The second-order valence-corrected chi connectivity index (χ2v) is 4.15. The quantitative estimate of drug-likeness (QED) is 0.726. The van der Waals surface area contributed by atoms with Crippen molar-refractivity contribution < 1.29 is 14.6 Å². The van der Waals surface area contributed by atoms with Gasteiger partial charge in [0.25, 0.3) is 5.56 Å². The van der Waals surface area contributed by atoms with E-state index in [0.29, 0.717) is 19.8 Å². The van der Waals surface area contributed by atoms with Crippen LogP contribution in [-0.2, 0) is 9.47 Å². The Morgan fingerprint density at radius 3 is 3.06 bits per heavy atom. The second-order valence-electron chi connectivity index (χ2n) is 4.15. The minimum Gasteiger partial charge on any atom is -0.388 e. The molecule has 2 heterocycles. The van der Waals surface area contributed by atoms with Crippen molar-refractivity contribution in [2.45, 2.75) is 19.3 Å². The molecule has 1 aromatic rings. The van der Waals surface area contributed by atoms with Crippen LogP contribution in [0.1, 0.15) is 13.2 Å². The maximum absolute atomic E-state index is 11.6. The summed E-state index contributed by atoms with van der Waals surface area (Å²) in [5, 5.41) is 10.1. The minimum atomic E-state index is -0.833. The number of aliphatic hydroxyl groups is 1. The number of nitrogens with zero attached hydrogens (tertiary/aromatic N) is 1. The van der Waals surface area contributed by atoms with Gasteiger partial charge < -0.3 is 14.6 Å². The summed E-state index contributed by atoms with van der Waals surface area (Å²) >= 11 is 0. The van der Waals surface area contributed by atoms with Gasteiger partial charge in [0.2, 0.25) is 0 Å². The Morgan fingerprint density at radius 2 is 2.39 bits per heavy atom. The lowest BCUT2D eigenvalue weighted by atomic mass is 10.1. The number of aromatic nitrogens is 2. The molecular weight excluding hydrogens is 240 g/mol. The lowest BCUT2D eigenvalue weighted by Gasteiger charge is -2.18. The van der Waals surface area contributed by atoms with Gasteiger partial charge in [-0.1, -0.05) is 0 Å². The Hall–Kier alpha value is -1.44. The monoisotopic (exact) mass is 256 g/mol. The van der Waals surface area contributed by atoms with Gasteiger partial charge in [0.1, 0.15) is 6.10 Å². The number of aromatic amines is 1. The third-order valence-electron chi connectivity index (χ3n) is 2.92. The molecule has 100 valence electrons. The average Bonchev–Trinajstić information content (AvgIpc) is 2.68. The highest BCUT2D eigenvalue weighted by Crippen LogP contribution is 2.27. The van der Waals surface area contributed by atoms with Crippen molar-refractivity contribution >= 4 is 0 Å². The van der Waals surface area contributed by atoms with E-state index in [1.54, 1.807) is 0 Å². The fraction of sp³-hybridized carbons (Fsp3) is 0.636. The molecule has 0 aliphatic carbocycles. The number of aliphatic hydroxyl groups excluding tert-OH is 1. The molecule has 7 heteroatoms. The molecule has 1 unspecified atom stereocenters. The number of ether oxygens (including phenoxy) is 2. The van der Waals surface area contributed by atoms with Crippen LogP contribution in [0.25, 0.3) is 0 Å². The van der Waals surface area contributed by atoms with E-state index in [0.717, 1.165) is 0 Å². The summed E-state index contributed by atoms with van der Waals surface area (Å²) in [5.74, 6) is -0.172. The van der Waals surface area contributed by atoms with E-state index in [9.17, 15) is 14.7 Å². The van der Waals surface area contributed by atoms with Crippen LogP contribution < -0.4 is 11.2 Å². The normalized spacial score (nSPS) is 27.6. The van der Waals surface area contributed by atoms with Gasteiger partial charge in [0.05, 0.1) is 13.2 Å². The van der Waals surface area contributed by atoms with Crippen molar-refractivity contribution in [1.29, 1.82) is 0 Å². The average molecular weight is 256 g/mol. The second kappa shape index (κ2) is 5.47. The van der Waals surface area contributed by atoms with E-state index in [2.05, 4.69) is 4.98 Å². The molecule has 0 amide bonds. The Balaban J connectivity index is 2.15. The standard InChI is InChI=1S/C11H16N2O5/c1-2-17-5-7-6-18-10(9(7)15)13-4-3-8(14)12-11(13)16/h3-4,7,9-10,15H,2,5-6H2,1H3,(H,12,14,16)/t7?,9-,10-/m1/s1. The zero-order chi connectivity index (χ0) is 13.1. The van der Waals surface area contributed by atoms with Gasteiger partial charge in [0.15, 0.2) is 6.23 Å². The molecule has 0 aromatic carbocycles. The third-order valence-corrected chi connectivity index (χ3v) is 2.92. The molecule has 1 aliphatic rings. The maximum atomic E-state index is 11.6. The predicted octanol–water partition coefficient (Wildman–Crippen LogP) is -0.921. The summed E-state index contributed by atoms with van der Waals surface area (Å²) in [4.78, 5) is 24.7. The molecular formula is C11H16N2O5. The zero-order valence-electron chi connectivity index (χ0n) is 10.0. The van der Waals surface area contributed by atoms with Crippen LogP contribution >= 0.6 is 0 Å². The van der Waals surface area contributed by atoms with Gasteiger partial charge in [-0.05, 0) is 6.92 Å². The molecule has 2 rings (SSSR count). The van der Waals surface area contributed by atoms with Crippen LogP contribution in [0.4, 0.5) is 0 Å². The van der Waals surface area contributed by atoms with Gasteiger partial charge in [-0.15, -0.1) is 0 Å². The number of nitrogens with one attached hydrogen (secondary N) is 1. The number of H-pyrrole nitrogens is 1. The summed E-state index contributed by atoms with van der Waals surface area (Å²) in [5.41, 5.74) is -1.07. The molecule has 18 heavy (non-hydrogen) atoms. The third kappa shape index (κ3) is 2.53. The first-order valence-electron chi connectivity index (χ1n) is 5.82. The van der Waals surface area contributed by atoms with Crippen molar-refractivity contribution in [2.24, 2.45) is 5.92 Å². The summed E-state index contributed by atoms with van der Waals surface area (Å²) in [7, 11) is 0. The zero-order valence-corrected chi connectivity index (χ0v) is 10.0. The molecule has 1 aliphatic heterocycles. The molecule has 0 saturated carbocycles. The van der Waals surface area contributed by atoms with E-state index in [1.807, 2.05) is 6.92 Å². The van der Waals surface area contributed by atoms with E-state index < -0.39 is 23.6 Å². The van der Waals surface area contributed by atoms with Crippen LogP contribution in [0.3, 0.4) is 0 Å². The van der Waals surface area contributed by atoms with Crippen molar-refractivity contribution in [1.82, 2.24) is 9.55 Å². The summed E-state index contributed by atoms with van der Waals surface area (Å²) in [6.45, 7) is 3.13. The first kappa shape index (κ1) is 13.0. The molecule has 0 spiro atoms. The topological polar surface area (TPSA) is 93.5 Å². The Bertz CT molecular complexity index is 509. The molecule has 0 bridgehead atoms. The molecule has 1 aromatic heterocycles. The van der Waals surface area contributed by atoms with Crippen LogP contribution in [-0.4, -0.2) is 40.6 Å². The van der Waals surface area contributed by atoms with E-state index >= 15 is 0 Å². The van der Waals surface area contributed by atoms with E-state index in [4.69, 9.17) is 9.47 Å². The smallest absolute Gasteiger partial charge is 0.330 e. The first-order valence-corrected chi connectivity index (χ1v) is 5.82. The fourth-order valence-electron chi connectivity index (χ4n) is 1.94. The summed E-state index contributed by atoms with van der Waals surface area (Å²) in [6.07, 6.45) is -0.294. The largest absolute Gasteiger partial charge is 0.388 e. The van der Waals surface area contributed by atoms with Crippen molar-refractivity contribution in [2.75, 3.05) is 19.8 Å². The fourth-order valence-corrected chi connectivity index (χ4v) is 1.94. The minimum absolute atomic E-state index is 0.172. The number of hydrogen-bond acceptors (Lipinski definition) is 5. The molecule has 1 fully saturated rings. The number of hydrogen-bond donors (Lipinski definition) is 2. The Labute approximate surface area is 103 Å². The van der Waals surface area contributed by atoms with Gasteiger partial charge in [0, 0.05) is 24.8 Å². The van der Waals surface area contributed by atoms with Crippen molar-refractivity contribution in [3.8, 4) is 0 Å². The van der Waals surface area contributed by atoms with Gasteiger partial charge in [-0.2, -0.15) is 0 Å². The highest BCUT2D eigenvalue weighted by atomic mass is 16.5. The molecule has 0 radical (unpaired) electrons. The van der Waals surface area contributed by atoms with Gasteiger partial charge in [-0.25, -0.2) is 4.79 Å². The highest BCUT2D eigenvalue weighted by molar-refractivity contribution is 4.89. The molecule has 2 N–H and O–H groups in total. The van der Waals surface area contributed by atoms with Crippen LogP contribution in [0.5, 0.6) is 0 Å². The van der Waals surface area contributed by atoms with Crippen LogP contribution in [0.15, 0.2) is 21.9 Å². The SMILES string of the molecule is CCOCC1CO[C@@H](n2ccc(=O)[nH]c2=O)[C@@H]1O. The van der Waals surface area contributed by atoms with Crippen molar-refractivity contribution in [3.05, 3.63) is 33.1 Å². The van der Waals surface area contributed by atoms with Crippen LogP contribution in [0, 0.1) is 5.92 Å². The Morgan fingerprint density at radius 1 is 1.61 bits per heavy atom. The van der Waals surface area contributed by atoms with E-state index in [-0.39, 0.29) is 5.92 Å². The lowest BCUT2D eigenvalue weighted by Crippen LogP contribution is -2.36.